The molecule has 0 aliphatic heterocycles. The van der Waals surface area contributed by atoms with Crippen molar-refractivity contribution in [2.45, 2.75) is 24.8 Å². The van der Waals surface area contributed by atoms with Gasteiger partial charge in [0.1, 0.15) is 0 Å². The van der Waals surface area contributed by atoms with Crippen molar-refractivity contribution in [1.29, 1.82) is 0 Å². The molecule has 6 heteroatoms. The standard InChI is InChI=1S/C14H15BrN2O2S/c1-2-11-9-12(15)6-7-14(11)20(18,19)17-10-13-5-3-4-8-16-13/h3-9,17H,2,10H2,1H3. The number of hydrogen-bond donors (Lipinski definition) is 1. The quantitative estimate of drug-likeness (QED) is 0.897. The number of nitrogens with zero attached hydrogens (tertiary/aromatic N) is 1. The lowest BCUT2D eigenvalue weighted by atomic mass is 10.2. The van der Waals surface area contributed by atoms with Crippen LogP contribution in [0.15, 0.2) is 52.0 Å². The Kier molecular flexibility index (Phi) is 4.91. The van der Waals surface area contributed by atoms with Gasteiger partial charge >= 0.3 is 0 Å². The van der Waals surface area contributed by atoms with Crippen LogP contribution in [0.4, 0.5) is 0 Å². The van der Waals surface area contributed by atoms with Gasteiger partial charge in [-0.15, -0.1) is 0 Å². The van der Waals surface area contributed by atoms with Crippen LogP contribution in [-0.4, -0.2) is 13.4 Å². The van der Waals surface area contributed by atoms with Gasteiger partial charge < -0.3 is 0 Å². The van der Waals surface area contributed by atoms with E-state index in [1.54, 1.807) is 30.5 Å². The van der Waals surface area contributed by atoms with Crippen molar-refractivity contribution in [3.63, 3.8) is 0 Å². The van der Waals surface area contributed by atoms with Gasteiger partial charge in [0.2, 0.25) is 10.0 Å². The van der Waals surface area contributed by atoms with E-state index in [-0.39, 0.29) is 6.54 Å². The summed E-state index contributed by atoms with van der Waals surface area (Å²) in [5.41, 5.74) is 1.47. The first-order valence-electron chi connectivity index (χ1n) is 6.21. The molecular weight excluding hydrogens is 340 g/mol. The van der Waals surface area contributed by atoms with E-state index in [2.05, 4.69) is 25.6 Å². The van der Waals surface area contributed by atoms with E-state index in [9.17, 15) is 8.42 Å². The fraction of sp³-hybridized carbons (Fsp3) is 0.214. The van der Waals surface area contributed by atoms with Crippen LogP contribution in [0, 0.1) is 0 Å². The van der Waals surface area contributed by atoms with Gasteiger partial charge in [0.05, 0.1) is 17.1 Å². The Bertz CT molecular complexity index is 688. The van der Waals surface area contributed by atoms with Crippen LogP contribution in [0.25, 0.3) is 0 Å². The van der Waals surface area contributed by atoms with Crippen LogP contribution in [-0.2, 0) is 23.0 Å². The molecule has 20 heavy (non-hydrogen) atoms. The highest BCUT2D eigenvalue weighted by atomic mass is 79.9. The fourth-order valence-electron chi connectivity index (χ4n) is 1.84. The first kappa shape index (κ1) is 15.2. The molecule has 1 aromatic heterocycles. The molecule has 106 valence electrons. The van der Waals surface area contributed by atoms with Crippen LogP contribution in [0.2, 0.25) is 0 Å². The first-order valence-corrected chi connectivity index (χ1v) is 8.48. The number of sulfonamides is 1. The van der Waals surface area contributed by atoms with Crippen molar-refractivity contribution in [1.82, 2.24) is 9.71 Å². The zero-order valence-corrected chi connectivity index (χ0v) is 13.4. The van der Waals surface area contributed by atoms with Gasteiger partial charge in [-0.05, 0) is 42.3 Å². The van der Waals surface area contributed by atoms with E-state index >= 15 is 0 Å². The van der Waals surface area contributed by atoms with Crippen LogP contribution in [0.1, 0.15) is 18.2 Å². The molecule has 0 unspecified atom stereocenters. The molecule has 0 spiro atoms. The number of aryl methyl sites for hydroxylation is 1. The maximum atomic E-state index is 12.3. The fourth-order valence-corrected chi connectivity index (χ4v) is 3.53. The average Bonchev–Trinajstić information content (AvgIpc) is 2.46. The maximum absolute atomic E-state index is 12.3. The van der Waals surface area contributed by atoms with Gasteiger partial charge in [-0.1, -0.05) is 28.9 Å². The minimum atomic E-state index is -3.53. The molecular formula is C14H15BrN2O2S. The summed E-state index contributed by atoms with van der Waals surface area (Å²) in [4.78, 5) is 4.42. The SMILES string of the molecule is CCc1cc(Br)ccc1S(=O)(=O)NCc1ccccn1. The summed E-state index contributed by atoms with van der Waals surface area (Å²) >= 11 is 3.35. The Morgan fingerprint density at radius 2 is 2.05 bits per heavy atom. The summed E-state index contributed by atoms with van der Waals surface area (Å²) in [6, 6.07) is 10.6. The highest BCUT2D eigenvalue weighted by Crippen LogP contribution is 2.21. The Balaban J connectivity index is 2.22. The smallest absolute Gasteiger partial charge is 0.241 e. The second-order valence-electron chi connectivity index (χ2n) is 4.25. The minimum Gasteiger partial charge on any atom is -0.260 e. The maximum Gasteiger partial charge on any atom is 0.241 e. The number of pyridine rings is 1. The van der Waals surface area contributed by atoms with Crippen LogP contribution in [0.5, 0.6) is 0 Å². The first-order chi connectivity index (χ1) is 9.53. The van der Waals surface area contributed by atoms with Crippen molar-refractivity contribution >= 4 is 26.0 Å². The molecule has 0 bridgehead atoms. The molecule has 1 heterocycles. The van der Waals surface area contributed by atoms with Crippen LogP contribution >= 0.6 is 15.9 Å². The number of rotatable bonds is 5. The lowest BCUT2D eigenvalue weighted by molar-refractivity contribution is 0.579. The average molecular weight is 355 g/mol. The predicted octanol–water partition coefficient (Wildman–Crippen LogP) is 2.89. The second-order valence-corrected chi connectivity index (χ2v) is 6.90. The third-order valence-corrected chi connectivity index (χ3v) is 4.86. The summed E-state index contributed by atoms with van der Waals surface area (Å²) in [6.07, 6.45) is 2.29. The van der Waals surface area contributed by atoms with Crippen LogP contribution in [0.3, 0.4) is 0 Å². The Labute approximate surface area is 127 Å². The summed E-state index contributed by atoms with van der Waals surface area (Å²) in [7, 11) is -3.53. The largest absolute Gasteiger partial charge is 0.260 e. The van der Waals surface area contributed by atoms with E-state index in [1.807, 2.05) is 19.1 Å². The van der Waals surface area contributed by atoms with Gasteiger partial charge in [-0.3, -0.25) is 4.98 Å². The van der Waals surface area contributed by atoms with Crippen LogP contribution < -0.4 is 4.72 Å². The molecule has 0 saturated heterocycles. The molecule has 0 saturated carbocycles. The molecule has 1 aromatic carbocycles. The Morgan fingerprint density at radius 1 is 1.25 bits per heavy atom. The molecule has 0 atom stereocenters. The number of aromatic nitrogens is 1. The van der Waals surface area contributed by atoms with E-state index in [1.165, 1.54) is 0 Å². The monoisotopic (exact) mass is 354 g/mol. The van der Waals surface area contributed by atoms with Crippen molar-refractivity contribution < 1.29 is 8.42 Å². The van der Waals surface area contributed by atoms with Crippen molar-refractivity contribution in [3.8, 4) is 0 Å². The van der Waals surface area contributed by atoms with Gasteiger partial charge in [-0.2, -0.15) is 0 Å². The van der Waals surface area contributed by atoms with E-state index < -0.39 is 10.0 Å². The lowest BCUT2D eigenvalue weighted by Crippen LogP contribution is -2.24. The number of hydrogen-bond acceptors (Lipinski definition) is 3. The highest BCUT2D eigenvalue weighted by molar-refractivity contribution is 9.10. The number of halogens is 1. The van der Waals surface area contributed by atoms with E-state index in [4.69, 9.17) is 0 Å². The molecule has 0 aliphatic rings. The highest BCUT2D eigenvalue weighted by Gasteiger charge is 2.17. The molecule has 2 rings (SSSR count). The number of benzene rings is 1. The lowest BCUT2D eigenvalue weighted by Gasteiger charge is -2.10. The predicted molar refractivity (Wildman–Crippen MR) is 81.8 cm³/mol. The van der Waals surface area contributed by atoms with Crippen molar-refractivity contribution in [3.05, 3.63) is 58.3 Å². The van der Waals surface area contributed by atoms with E-state index in [0.29, 0.717) is 17.0 Å². The zero-order chi connectivity index (χ0) is 14.6. The normalized spacial score (nSPS) is 11.5. The Morgan fingerprint density at radius 3 is 2.70 bits per heavy atom. The Hall–Kier alpha value is -1.24. The molecule has 0 fully saturated rings. The minimum absolute atomic E-state index is 0.183. The second kappa shape index (κ2) is 6.47. The zero-order valence-electron chi connectivity index (χ0n) is 11.0. The van der Waals surface area contributed by atoms with Gasteiger partial charge in [-0.25, -0.2) is 13.1 Å². The topological polar surface area (TPSA) is 59.1 Å². The van der Waals surface area contributed by atoms with Crippen molar-refractivity contribution in [2.24, 2.45) is 0 Å². The third-order valence-electron chi connectivity index (χ3n) is 2.86. The summed E-state index contributed by atoms with van der Waals surface area (Å²) in [5, 5.41) is 0. The molecule has 1 N–H and O–H groups in total. The number of nitrogens with one attached hydrogen (secondary N) is 1. The van der Waals surface area contributed by atoms with Gasteiger partial charge in [0.15, 0.2) is 0 Å². The van der Waals surface area contributed by atoms with Gasteiger partial charge in [0.25, 0.3) is 0 Å². The van der Waals surface area contributed by atoms with E-state index in [0.717, 1.165) is 10.0 Å². The van der Waals surface area contributed by atoms with Gasteiger partial charge in [0, 0.05) is 10.7 Å². The molecule has 4 nitrogen and oxygen atoms in total. The summed E-state index contributed by atoms with van der Waals surface area (Å²) < 4.78 is 28.1. The van der Waals surface area contributed by atoms with Crippen molar-refractivity contribution in [2.75, 3.05) is 0 Å². The molecule has 0 amide bonds. The molecule has 0 radical (unpaired) electrons. The molecule has 0 aliphatic carbocycles. The summed E-state index contributed by atoms with van der Waals surface area (Å²) in [5.74, 6) is 0. The molecule has 2 aromatic rings. The summed E-state index contributed by atoms with van der Waals surface area (Å²) in [6.45, 7) is 2.11. The third kappa shape index (κ3) is 3.65.